The highest BCUT2D eigenvalue weighted by Crippen LogP contribution is 2.28. The largest absolute Gasteiger partial charge is 0.396 e. The third-order valence-corrected chi connectivity index (χ3v) is 3.90. The van der Waals surface area contributed by atoms with Crippen LogP contribution in [0.4, 0.5) is 11.4 Å². The summed E-state index contributed by atoms with van der Waals surface area (Å²) in [5.74, 6) is 0.314. The second kappa shape index (κ2) is 4.48. The molecule has 1 atom stereocenters. The van der Waals surface area contributed by atoms with Crippen molar-refractivity contribution >= 4 is 17.3 Å². The van der Waals surface area contributed by atoms with E-state index in [4.69, 9.17) is 5.73 Å². The standard InChI is InChI=1S/C13H18N4O/c14-11-8-15-5-4-12(11)16-6-7-17-10(9-16)2-1-3-13(17)18/h4-5,8,10H,1-3,6-7,9,14H2. The Morgan fingerprint density at radius 2 is 2.28 bits per heavy atom. The molecule has 2 aliphatic rings. The average Bonchev–Trinajstić information content (AvgIpc) is 2.39. The van der Waals surface area contributed by atoms with Gasteiger partial charge in [0, 0.05) is 38.3 Å². The van der Waals surface area contributed by atoms with E-state index in [0.29, 0.717) is 24.1 Å². The molecule has 2 saturated heterocycles. The van der Waals surface area contributed by atoms with Gasteiger partial charge in [-0.05, 0) is 18.9 Å². The summed E-state index contributed by atoms with van der Waals surface area (Å²) in [6, 6.07) is 2.31. The van der Waals surface area contributed by atoms with Crippen molar-refractivity contribution in [1.29, 1.82) is 0 Å². The van der Waals surface area contributed by atoms with Crippen LogP contribution in [0.25, 0.3) is 0 Å². The maximum atomic E-state index is 11.8. The number of nitrogens with two attached hydrogens (primary N) is 1. The van der Waals surface area contributed by atoms with Crippen molar-refractivity contribution < 1.29 is 4.79 Å². The molecule has 2 N–H and O–H groups in total. The van der Waals surface area contributed by atoms with Crippen LogP contribution in [0.2, 0.25) is 0 Å². The zero-order valence-corrected chi connectivity index (χ0v) is 10.4. The van der Waals surface area contributed by atoms with Gasteiger partial charge in [0.1, 0.15) is 0 Å². The number of piperazine rings is 1. The number of nitrogens with zero attached hydrogens (tertiary/aromatic N) is 3. The lowest BCUT2D eigenvalue weighted by atomic mass is 9.98. The van der Waals surface area contributed by atoms with Gasteiger partial charge in [-0.3, -0.25) is 9.78 Å². The van der Waals surface area contributed by atoms with E-state index in [-0.39, 0.29) is 0 Å². The van der Waals surface area contributed by atoms with Crippen LogP contribution in [0, 0.1) is 0 Å². The molecule has 0 bridgehead atoms. The van der Waals surface area contributed by atoms with Gasteiger partial charge in [-0.2, -0.15) is 0 Å². The Labute approximate surface area is 107 Å². The van der Waals surface area contributed by atoms with Crippen LogP contribution in [0.3, 0.4) is 0 Å². The first kappa shape index (κ1) is 11.3. The smallest absolute Gasteiger partial charge is 0.222 e. The number of nitrogen functional groups attached to an aromatic ring is 1. The quantitative estimate of drug-likeness (QED) is 0.798. The van der Waals surface area contributed by atoms with Crippen LogP contribution < -0.4 is 10.6 Å². The number of piperidine rings is 1. The Hall–Kier alpha value is -1.78. The Kier molecular flexibility index (Phi) is 2.81. The molecule has 3 heterocycles. The van der Waals surface area contributed by atoms with Gasteiger partial charge >= 0.3 is 0 Å². The first-order chi connectivity index (χ1) is 8.75. The molecule has 1 unspecified atom stereocenters. The number of carbonyl (C=O) groups is 1. The molecule has 5 heteroatoms. The summed E-state index contributed by atoms with van der Waals surface area (Å²) in [5.41, 5.74) is 7.72. The lowest BCUT2D eigenvalue weighted by Gasteiger charge is -2.45. The van der Waals surface area contributed by atoms with E-state index >= 15 is 0 Å². The zero-order valence-electron chi connectivity index (χ0n) is 10.4. The molecule has 1 amide bonds. The molecule has 2 fully saturated rings. The summed E-state index contributed by atoms with van der Waals surface area (Å²) in [7, 11) is 0. The maximum Gasteiger partial charge on any atom is 0.222 e. The molecule has 0 saturated carbocycles. The molecule has 0 radical (unpaired) electrons. The minimum absolute atomic E-state index is 0.314. The molecule has 3 rings (SSSR count). The lowest BCUT2D eigenvalue weighted by Crippen LogP contribution is -2.57. The van der Waals surface area contributed by atoms with E-state index in [1.165, 1.54) is 0 Å². The summed E-state index contributed by atoms with van der Waals surface area (Å²) in [6.07, 6.45) is 6.29. The van der Waals surface area contributed by atoms with Gasteiger partial charge in [-0.15, -0.1) is 0 Å². The van der Waals surface area contributed by atoms with Crippen LogP contribution >= 0.6 is 0 Å². The van der Waals surface area contributed by atoms with Crippen molar-refractivity contribution in [3.05, 3.63) is 18.5 Å². The number of hydrogen-bond acceptors (Lipinski definition) is 4. The van der Waals surface area contributed by atoms with Gasteiger partial charge < -0.3 is 15.5 Å². The highest BCUT2D eigenvalue weighted by molar-refractivity contribution is 5.78. The number of hydrogen-bond donors (Lipinski definition) is 1. The number of fused-ring (bicyclic) bond motifs is 1. The van der Waals surface area contributed by atoms with Crippen LogP contribution in [-0.4, -0.2) is 41.5 Å². The average molecular weight is 246 g/mol. The molecule has 1 aromatic heterocycles. The van der Waals surface area contributed by atoms with Crippen molar-refractivity contribution in [3.8, 4) is 0 Å². The van der Waals surface area contributed by atoms with Gasteiger partial charge in [-0.25, -0.2) is 0 Å². The van der Waals surface area contributed by atoms with E-state index in [2.05, 4.69) is 9.88 Å². The Morgan fingerprint density at radius 1 is 1.39 bits per heavy atom. The second-order valence-electron chi connectivity index (χ2n) is 5.01. The van der Waals surface area contributed by atoms with Crippen molar-refractivity contribution in [2.24, 2.45) is 0 Å². The number of anilines is 2. The molecular formula is C13H18N4O. The molecule has 0 spiro atoms. The van der Waals surface area contributed by atoms with Crippen LogP contribution in [0.15, 0.2) is 18.5 Å². The first-order valence-electron chi connectivity index (χ1n) is 6.49. The molecule has 2 aliphatic heterocycles. The van der Waals surface area contributed by atoms with E-state index in [0.717, 1.165) is 38.2 Å². The number of amides is 1. The number of rotatable bonds is 1. The molecule has 1 aromatic rings. The van der Waals surface area contributed by atoms with E-state index < -0.39 is 0 Å². The monoisotopic (exact) mass is 246 g/mol. The zero-order chi connectivity index (χ0) is 12.5. The predicted octanol–water partition coefficient (Wildman–Crippen LogP) is 0.865. The normalized spacial score (nSPS) is 24.0. The minimum atomic E-state index is 0.314. The molecule has 0 aromatic carbocycles. The van der Waals surface area contributed by atoms with Crippen LogP contribution in [0.5, 0.6) is 0 Å². The fourth-order valence-corrected chi connectivity index (χ4v) is 2.97. The van der Waals surface area contributed by atoms with Crippen molar-refractivity contribution in [3.63, 3.8) is 0 Å². The molecule has 96 valence electrons. The highest BCUT2D eigenvalue weighted by Gasteiger charge is 2.33. The summed E-state index contributed by atoms with van der Waals surface area (Å²) in [5, 5.41) is 0. The Morgan fingerprint density at radius 3 is 3.11 bits per heavy atom. The number of carbonyl (C=O) groups excluding carboxylic acids is 1. The summed E-state index contributed by atoms with van der Waals surface area (Å²) in [6.45, 7) is 2.56. The lowest BCUT2D eigenvalue weighted by molar-refractivity contribution is -0.136. The van der Waals surface area contributed by atoms with E-state index in [1.807, 2.05) is 11.0 Å². The maximum absolute atomic E-state index is 11.8. The summed E-state index contributed by atoms with van der Waals surface area (Å²) in [4.78, 5) is 20.1. The Balaban J connectivity index is 1.78. The van der Waals surface area contributed by atoms with Crippen molar-refractivity contribution in [2.45, 2.75) is 25.3 Å². The van der Waals surface area contributed by atoms with Gasteiger partial charge in [-0.1, -0.05) is 0 Å². The fraction of sp³-hybridized carbons (Fsp3) is 0.538. The molecule has 0 aliphatic carbocycles. The van der Waals surface area contributed by atoms with Crippen molar-refractivity contribution in [2.75, 3.05) is 30.3 Å². The summed E-state index contributed by atoms with van der Waals surface area (Å²) >= 11 is 0. The van der Waals surface area contributed by atoms with Gasteiger partial charge in [0.2, 0.25) is 5.91 Å². The number of pyridine rings is 1. The highest BCUT2D eigenvalue weighted by atomic mass is 16.2. The minimum Gasteiger partial charge on any atom is -0.396 e. The molecular weight excluding hydrogens is 228 g/mol. The SMILES string of the molecule is Nc1cnccc1N1CCN2C(=O)CCCC2C1. The predicted molar refractivity (Wildman–Crippen MR) is 70.2 cm³/mol. The van der Waals surface area contributed by atoms with E-state index in [1.54, 1.807) is 12.4 Å². The second-order valence-corrected chi connectivity index (χ2v) is 5.01. The third kappa shape index (κ3) is 1.89. The van der Waals surface area contributed by atoms with E-state index in [9.17, 15) is 4.79 Å². The Bertz CT molecular complexity index is 462. The molecule has 18 heavy (non-hydrogen) atoms. The summed E-state index contributed by atoms with van der Waals surface area (Å²) < 4.78 is 0. The first-order valence-corrected chi connectivity index (χ1v) is 6.49. The fourth-order valence-electron chi connectivity index (χ4n) is 2.97. The van der Waals surface area contributed by atoms with Gasteiger partial charge in [0.25, 0.3) is 0 Å². The topological polar surface area (TPSA) is 62.5 Å². The van der Waals surface area contributed by atoms with Gasteiger partial charge in [0.15, 0.2) is 0 Å². The van der Waals surface area contributed by atoms with Crippen molar-refractivity contribution in [1.82, 2.24) is 9.88 Å². The third-order valence-electron chi connectivity index (χ3n) is 3.90. The van der Waals surface area contributed by atoms with Gasteiger partial charge in [0.05, 0.1) is 17.6 Å². The molecule has 5 nitrogen and oxygen atoms in total. The van der Waals surface area contributed by atoms with Crippen LogP contribution in [0.1, 0.15) is 19.3 Å². The van der Waals surface area contributed by atoms with Crippen LogP contribution in [-0.2, 0) is 4.79 Å². The number of aromatic nitrogens is 1.